The molecule has 0 bridgehead atoms. The highest BCUT2D eigenvalue weighted by atomic mass is 16.2. The molecule has 3 rings (SSSR count). The Morgan fingerprint density at radius 1 is 1.16 bits per heavy atom. The van der Waals surface area contributed by atoms with Crippen molar-refractivity contribution in [1.82, 2.24) is 15.5 Å². The van der Waals surface area contributed by atoms with Crippen LogP contribution in [0.3, 0.4) is 0 Å². The largest absolute Gasteiger partial charge is 0.352 e. The minimum absolute atomic E-state index is 0.116. The predicted molar refractivity (Wildman–Crippen MR) is 94.7 cm³/mol. The van der Waals surface area contributed by atoms with E-state index in [9.17, 15) is 14.4 Å². The average molecular weight is 349 g/mol. The van der Waals surface area contributed by atoms with Gasteiger partial charge in [0.1, 0.15) is 12.1 Å². The molecular weight excluding hydrogens is 318 g/mol. The first kappa shape index (κ1) is 18.2. The quantitative estimate of drug-likeness (QED) is 0.768. The van der Waals surface area contributed by atoms with Crippen LogP contribution in [-0.2, 0) is 9.59 Å². The van der Waals surface area contributed by atoms with Gasteiger partial charge >= 0.3 is 6.03 Å². The van der Waals surface area contributed by atoms with Crippen molar-refractivity contribution in [2.45, 2.75) is 77.3 Å². The predicted octanol–water partition coefficient (Wildman–Crippen LogP) is 2.43. The Morgan fingerprint density at radius 2 is 1.92 bits per heavy atom. The number of carbonyl (C=O) groups is 3. The smallest absolute Gasteiger partial charge is 0.325 e. The van der Waals surface area contributed by atoms with Crippen molar-refractivity contribution in [3.8, 4) is 0 Å². The zero-order chi connectivity index (χ0) is 18.2. The highest BCUT2D eigenvalue weighted by Crippen LogP contribution is 2.38. The third-order valence-corrected chi connectivity index (χ3v) is 6.86. The first-order valence-corrected chi connectivity index (χ1v) is 9.78. The minimum atomic E-state index is -0.789. The Hall–Kier alpha value is -1.59. The standard InChI is InChI=1S/C19H31N3O3/c1-12-7-6-9-15(14(12)3)20-16(23)11-22-17(24)19(21-18(22)25)10-5-4-8-13(19)2/h12-15H,4-11H2,1-3H3,(H,20,23)(H,21,25)/t12-,13+,14-,15-,19+/m1/s1. The molecule has 1 spiro atoms. The fraction of sp³-hybridized carbons (Fsp3) is 0.842. The second kappa shape index (κ2) is 6.96. The first-order valence-electron chi connectivity index (χ1n) is 9.78. The van der Waals surface area contributed by atoms with E-state index in [2.05, 4.69) is 24.5 Å². The van der Waals surface area contributed by atoms with Crippen LogP contribution in [0.15, 0.2) is 0 Å². The summed E-state index contributed by atoms with van der Waals surface area (Å²) in [5.74, 6) is 0.678. The van der Waals surface area contributed by atoms with Crippen molar-refractivity contribution in [2.24, 2.45) is 17.8 Å². The summed E-state index contributed by atoms with van der Waals surface area (Å²) in [5.41, 5.74) is -0.789. The van der Waals surface area contributed by atoms with Gasteiger partial charge in [-0.1, -0.05) is 46.5 Å². The molecule has 6 heteroatoms. The Bertz CT molecular complexity index is 564. The zero-order valence-corrected chi connectivity index (χ0v) is 15.6. The summed E-state index contributed by atoms with van der Waals surface area (Å²) < 4.78 is 0. The van der Waals surface area contributed by atoms with E-state index < -0.39 is 11.6 Å². The van der Waals surface area contributed by atoms with Crippen LogP contribution < -0.4 is 10.6 Å². The van der Waals surface area contributed by atoms with Gasteiger partial charge in [-0.2, -0.15) is 0 Å². The van der Waals surface area contributed by atoms with Crippen molar-refractivity contribution in [3.05, 3.63) is 0 Å². The molecule has 2 aliphatic carbocycles. The summed E-state index contributed by atoms with van der Waals surface area (Å²) in [5, 5.41) is 5.96. The highest BCUT2D eigenvalue weighted by Gasteiger charge is 2.55. The molecular formula is C19H31N3O3. The molecule has 0 unspecified atom stereocenters. The van der Waals surface area contributed by atoms with Gasteiger partial charge in [-0.15, -0.1) is 0 Å². The summed E-state index contributed by atoms with van der Waals surface area (Å²) in [6.07, 6.45) is 6.91. The van der Waals surface area contributed by atoms with Gasteiger partial charge in [0.25, 0.3) is 5.91 Å². The second-order valence-electron chi connectivity index (χ2n) is 8.38. The lowest BCUT2D eigenvalue weighted by atomic mass is 9.73. The maximum absolute atomic E-state index is 12.9. The van der Waals surface area contributed by atoms with E-state index in [1.807, 2.05) is 6.92 Å². The number of urea groups is 1. The maximum Gasteiger partial charge on any atom is 0.325 e. The summed E-state index contributed by atoms with van der Waals surface area (Å²) in [4.78, 5) is 38.9. The average Bonchev–Trinajstić information content (AvgIpc) is 2.80. The van der Waals surface area contributed by atoms with E-state index >= 15 is 0 Å². The number of hydrogen-bond donors (Lipinski definition) is 2. The number of nitrogens with one attached hydrogen (secondary N) is 2. The van der Waals surface area contributed by atoms with Crippen molar-refractivity contribution >= 4 is 17.8 Å². The fourth-order valence-corrected chi connectivity index (χ4v) is 4.82. The Balaban J connectivity index is 1.63. The Labute approximate surface area is 150 Å². The van der Waals surface area contributed by atoms with E-state index in [0.29, 0.717) is 18.3 Å². The molecule has 2 saturated carbocycles. The van der Waals surface area contributed by atoms with Crippen molar-refractivity contribution in [1.29, 1.82) is 0 Å². The topological polar surface area (TPSA) is 78.5 Å². The number of rotatable bonds is 3. The molecule has 140 valence electrons. The summed E-state index contributed by atoms with van der Waals surface area (Å²) in [6.45, 7) is 6.23. The summed E-state index contributed by atoms with van der Waals surface area (Å²) >= 11 is 0. The molecule has 0 aromatic rings. The number of imide groups is 1. The van der Waals surface area contributed by atoms with E-state index in [-0.39, 0.29) is 30.3 Å². The SMILES string of the molecule is C[C@@H]1[C@H](C)CCC[C@H]1NC(=O)CN1C(=O)N[C@]2(CCCC[C@@H]2C)C1=O. The van der Waals surface area contributed by atoms with E-state index in [0.717, 1.165) is 37.0 Å². The second-order valence-corrected chi connectivity index (χ2v) is 8.38. The molecule has 0 radical (unpaired) electrons. The lowest BCUT2D eigenvalue weighted by molar-refractivity contribution is -0.137. The van der Waals surface area contributed by atoms with Gasteiger partial charge in [0, 0.05) is 6.04 Å². The molecule has 4 amide bonds. The molecule has 0 aromatic heterocycles. The molecule has 5 atom stereocenters. The van der Waals surface area contributed by atoms with Crippen molar-refractivity contribution in [2.75, 3.05) is 6.54 Å². The zero-order valence-electron chi connectivity index (χ0n) is 15.6. The summed E-state index contributed by atoms with van der Waals surface area (Å²) in [7, 11) is 0. The van der Waals surface area contributed by atoms with Crippen molar-refractivity contribution < 1.29 is 14.4 Å². The van der Waals surface area contributed by atoms with Crippen molar-refractivity contribution in [3.63, 3.8) is 0 Å². The van der Waals surface area contributed by atoms with Gasteiger partial charge < -0.3 is 10.6 Å². The first-order chi connectivity index (χ1) is 11.8. The van der Waals surface area contributed by atoms with E-state index in [1.165, 1.54) is 6.42 Å². The third-order valence-electron chi connectivity index (χ3n) is 6.86. The molecule has 0 aromatic carbocycles. The van der Waals surface area contributed by atoms with Crippen LogP contribution >= 0.6 is 0 Å². The molecule has 6 nitrogen and oxygen atoms in total. The van der Waals surface area contributed by atoms with Gasteiger partial charge in [0.15, 0.2) is 0 Å². The lowest BCUT2D eigenvalue weighted by Crippen LogP contribution is -2.54. The molecule has 1 aliphatic heterocycles. The summed E-state index contributed by atoms with van der Waals surface area (Å²) in [6, 6.07) is -0.279. The molecule has 1 heterocycles. The number of amides is 4. The maximum atomic E-state index is 12.9. The van der Waals surface area contributed by atoms with Gasteiger partial charge in [0.2, 0.25) is 5.91 Å². The lowest BCUT2D eigenvalue weighted by Gasteiger charge is -2.37. The Kier molecular flexibility index (Phi) is 5.07. The monoisotopic (exact) mass is 349 g/mol. The molecule has 3 fully saturated rings. The van der Waals surface area contributed by atoms with Crippen LogP contribution in [0.5, 0.6) is 0 Å². The molecule has 1 saturated heterocycles. The fourth-order valence-electron chi connectivity index (χ4n) is 4.82. The van der Waals surface area contributed by atoms with Gasteiger partial charge in [-0.3, -0.25) is 14.5 Å². The molecule has 3 aliphatic rings. The van der Waals surface area contributed by atoms with Gasteiger partial charge in [-0.05, 0) is 37.0 Å². The number of carbonyl (C=O) groups excluding carboxylic acids is 3. The minimum Gasteiger partial charge on any atom is -0.352 e. The molecule has 25 heavy (non-hydrogen) atoms. The van der Waals surface area contributed by atoms with Crippen LogP contribution in [0.25, 0.3) is 0 Å². The number of nitrogens with zero attached hydrogens (tertiary/aromatic N) is 1. The van der Waals surface area contributed by atoms with E-state index in [4.69, 9.17) is 0 Å². The van der Waals surface area contributed by atoms with Gasteiger partial charge in [-0.25, -0.2) is 4.79 Å². The highest BCUT2D eigenvalue weighted by molar-refractivity contribution is 6.09. The van der Waals surface area contributed by atoms with Crippen LogP contribution in [0.1, 0.15) is 65.7 Å². The van der Waals surface area contributed by atoms with E-state index in [1.54, 1.807) is 0 Å². The molecule has 2 N–H and O–H groups in total. The third kappa shape index (κ3) is 3.27. The van der Waals surface area contributed by atoms with Crippen LogP contribution in [0.2, 0.25) is 0 Å². The normalized spacial score (nSPS) is 38.8. The van der Waals surface area contributed by atoms with Crippen LogP contribution in [-0.4, -0.2) is 40.9 Å². The van der Waals surface area contributed by atoms with Gasteiger partial charge in [0.05, 0.1) is 0 Å². The van der Waals surface area contributed by atoms with Crippen LogP contribution in [0.4, 0.5) is 4.79 Å². The number of hydrogen-bond acceptors (Lipinski definition) is 3. The van der Waals surface area contributed by atoms with Crippen LogP contribution in [0, 0.1) is 17.8 Å². The Morgan fingerprint density at radius 3 is 2.64 bits per heavy atom.